The SMILES string of the molecule is Cc1ccc([N+](=O)[O-])c(NCCC2CCCNC2)c1. The van der Waals surface area contributed by atoms with Crippen molar-refractivity contribution in [2.45, 2.75) is 26.2 Å². The molecule has 2 rings (SSSR count). The van der Waals surface area contributed by atoms with Crippen LogP contribution in [0, 0.1) is 23.0 Å². The lowest BCUT2D eigenvalue weighted by atomic mass is 9.96. The Morgan fingerprint density at radius 3 is 3.05 bits per heavy atom. The van der Waals surface area contributed by atoms with E-state index in [0.29, 0.717) is 11.6 Å². The molecule has 0 spiro atoms. The molecule has 1 atom stereocenters. The molecule has 0 bridgehead atoms. The minimum Gasteiger partial charge on any atom is -0.379 e. The van der Waals surface area contributed by atoms with Crippen LogP contribution in [0.25, 0.3) is 0 Å². The van der Waals surface area contributed by atoms with Gasteiger partial charge in [0.15, 0.2) is 0 Å². The molecule has 1 saturated heterocycles. The first-order chi connectivity index (χ1) is 9.16. The predicted molar refractivity (Wildman–Crippen MR) is 76.5 cm³/mol. The number of hydrogen-bond donors (Lipinski definition) is 2. The molecule has 19 heavy (non-hydrogen) atoms. The van der Waals surface area contributed by atoms with E-state index < -0.39 is 0 Å². The average Bonchev–Trinajstić information content (AvgIpc) is 2.39. The van der Waals surface area contributed by atoms with Crippen molar-refractivity contribution >= 4 is 11.4 Å². The zero-order chi connectivity index (χ0) is 13.7. The van der Waals surface area contributed by atoms with Gasteiger partial charge in [0.1, 0.15) is 5.69 Å². The van der Waals surface area contributed by atoms with Gasteiger partial charge in [-0.15, -0.1) is 0 Å². The van der Waals surface area contributed by atoms with Gasteiger partial charge in [0.2, 0.25) is 0 Å². The van der Waals surface area contributed by atoms with Crippen molar-refractivity contribution in [1.29, 1.82) is 0 Å². The molecule has 1 unspecified atom stereocenters. The van der Waals surface area contributed by atoms with E-state index >= 15 is 0 Å². The molecule has 1 fully saturated rings. The van der Waals surface area contributed by atoms with Crippen LogP contribution in [-0.2, 0) is 0 Å². The molecule has 0 radical (unpaired) electrons. The third kappa shape index (κ3) is 3.92. The second-order valence-electron chi connectivity index (χ2n) is 5.21. The second-order valence-corrected chi connectivity index (χ2v) is 5.21. The number of nitro benzene ring substituents is 1. The molecule has 5 nitrogen and oxygen atoms in total. The van der Waals surface area contributed by atoms with E-state index in [-0.39, 0.29) is 10.6 Å². The number of benzene rings is 1. The Hall–Kier alpha value is -1.62. The Balaban J connectivity index is 1.91. The Labute approximate surface area is 113 Å². The maximum absolute atomic E-state index is 11.0. The van der Waals surface area contributed by atoms with Crippen LogP contribution in [0.15, 0.2) is 18.2 Å². The molecule has 0 aromatic heterocycles. The monoisotopic (exact) mass is 263 g/mol. The number of nitro groups is 1. The van der Waals surface area contributed by atoms with Crippen molar-refractivity contribution < 1.29 is 4.92 Å². The molecule has 0 amide bonds. The van der Waals surface area contributed by atoms with E-state index in [0.717, 1.165) is 31.6 Å². The Morgan fingerprint density at radius 2 is 2.37 bits per heavy atom. The summed E-state index contributed by atoms with van der Waals surface area (Å²) >= 11 is 0. The van der Waals surface area contributed by atoms with Gasteiger partial charge in [-0.2, -0.15) is 0 Å². The summed E-state index contributed by atoms with van der Waals surface area (Å²) in [6.07, 6.45) is 3.54. The lowest BCUT2D eigenvalue weighted by molar-refractivity contribution is -0.384. The topological polar surface area (TPSA) is 67.2 Å². The van der Waals surface area contributed by atoms with Crippen LogP contribution in [0.4, 0.5) is 11.4 Å². The number of rotatable bonds is 5. The van der Waals surface area contributed by atoms with Gasteiger partial charge in [0, 0.05) is 12.6 Å². The molecule has 2 N–H and O–H groups in total. The fraction of sp³-hybridized carbons (Fsp3) is 0.571. The zero-order valence-corrected chi connectivity index (χ0v) is 11.3. The van der Waals surface area contributed by atoms with Gasteiger partial charge in [0.05, 0.1) is 4.92 Å². The number of piperidine rings is 1. The fourth-order valence-corrected chi connectivity index (χ4v) is 2.53. The maximum Gasteiger partial charge on any atom is 0.292 e. The highest BCUT2D eigenvalue weighted by Crippen LogP contribution is 2.25. The third-order valence-electron chi connectivity index (χ3n) is 3.62. The first kappa shape index (κ1) is 13.8. The first-order valence-corrected chi connectivity index (χ1v) is 6.86. The van der Waals surface area contributed by atoms with Crippen molar-refractivity contribution in [2.24, 2.45) is 5.92 Å². The van der Waals surface area contributed by atoms with Crippen LogP contribution in [0.1, 0.15) is 24.8 Å². The molecule has 104 valence electrons. The first-order valence-electron chi connectivity index (χ1n) is 6.86. The summed E-state index contributed by atoms with van der Waals surface area (Å²) in [5.74, 6) is 0.685. The van der Waals surface area contributed by atoms with Crippen LogP contribution < -0.4 is 10.6 Å². The highest BCUT2D eigenvalue weighted by Gasteiger charge is 2.15. The van der Waals surface area contributed by atoms with Crippen molar-refractivity contribution in [3.05, 3.63) is 33.9 Å². The van der Waals surface area contributed by atoms with Crippen molar-refractivity contribution in [1.82, 2.24) is 5.32 Å². The van der Waals surface area contributed by atoms with E-state index in [4.69, 9.17) is 0 Å². The molecular weight excluding hydrogens is 242 g/mol. The lowest BCUT2D eigenvalue weighted by Gasteiger charge is -2.22. The highest BCUT2D eigenvalue weighted by molar-refractivity contribution is 5.62. The van der Waals surface area contributed by atoms with E-state index in [1.165, 1.54) is 12.8 Å². The van der Waals surface area contributed by atoms with Crippen molar-refractivity contribution in [3.63, 3.8) is 0 Å². The zero-order valence-electron chi connectivity index (χ0n) is 11.3. The van der Waals surface area contributed by atoms with Crippen molar-refractivity contribution in [3.8, 4) is 0 Å². The summed E-state index contributed by atoms with van der Waals surface area (Å²) < 4.78 is 0. The molecular formula is C14H21N3O2. The summed E-state index contributed by atoms with van der Waals surface area (Å²) in [5, 5.41) is 17.6. The van der Waals surface area contributed by atoms with Gasteiger partial charge in [0.25, 0.3) is 5.69 Å². The van der Waals surface area contributed by atoms with Gasteiger partial charge >= 0.3 is 0 Å². The lowest BCUT2D eigenvalue weighted by Crippen LogP contribution is -2.30. The summed E-state index contributed by atoms with van der Waals surface area (Å²) in [5.41, 5.74) is 1.83. The minimum atomic E-state index is -0.329. The number of nitrogens with one attached hydrogen (secondary N) is 2. The average molecular weight is 263 g/mol. The van der Waals surface area contributed by atoms with Gasteiger partial charge in [-0.25, -0.2) is 0 Å². The van der Waals surface area contributed by atoms with Crippen LogP contribution >= 0.6 is 0 Å². The number of aryl methyl sites for hydroxylation is 1. The second kappa shape index (κ2) is 6.52. The van der Waals surface area contributed by atoms with E-state index in [1.807, 2.05) is 13.0 Å². The molecule has 0 aliphatic carbocycles. The molecule has 0 saturated carbocycles. The van der Waals surface area contributed by atoms with E-state index in [1.54, 1.807) is 12.1 Å². The Kier molecular flexibility index (Phi) is 4.74. The highest BCUT2D eigenvalue weighted by atomic mass is 16.6. The summed E-state index contributed by atoms with van der Waals surface area (Å²) in [6.45, 7) is 4.92. The largest absolute Gasteiger partial charge is 0.379 e. The molecule has 1 aliphatic heterocycles. The van der Waals surface area contributed by atoms with Gasteiger partial charge in [-0.3, -0.25) is 10.1 Å². The summed E-state index contributed by atoms with van der Waals surface area (Å²) in [4.78, 5) is 10.6. The summed E-state index contributed by atoms with van der Waals surface area (Å²) in [7, 11) is 0. The number of nitrogens with zero attached hydrogens (tertiary/aromatic N) is 1. The van der Waals surface area contributed by atoms with Gasteiger partial charge in [-0.05, 0) is 56.8 Å². The van der Waals surface area contributed by atoms with Gasteiger partial charge < -0.3 is 10.6 Å². The molecule has 1 aromatic carbocycles. The maximum atomic E-state index is 11.0. The molecule has 1 heterocycles. The van der Waals surface area contributed by atoms with Gasteiger partial charge in [-0.1, -0.05) is 6.07 Å². The van der Waals surface area contributed by atoms with Crippen LogP contribution in [-0.4, -0.2) is 24.6 Å². The summed E-state index contributed by atoms with van der Waals surface area (Å²) in [6, 6.07) is 5.19. The minimum absolute atomic E-state index is 0.160. The van der Waals surface area contributed by atoms with E-state index in [2.05, 4.69) is 10.6 Å². The van der Waals surface area contributed by atoms with E-state index in [9.17, 15) is 10.1 Å². The Morgan fingerprint density at radius 1 is 1.53 bits per heavy atom. The quantitative estimate of drug-likeness (QED) is 0.633. The van der Waals surface area contributed by atoms with Crippen molar-refractivity contribution in [2.75, 3.05) is 25.0 Å². The molecule has 5 heteroatoms. The number of anilines is 1. The van der Waals surface area contributed by atoms with Crippen LogP contribution in [0.3, 0.4) is 0 Å². The normalized spacial score (nSPS) is 19.1. The standard InChI is InChI=1S/C14H21N3O2/c1-11-4-5-14(17(18)19)13(9-11)16-8-6-12-3-2-7-15-10-12/h4-5,9,12,15-16H,2-3,6-8,10H2,1H3. The molecule has 1 aliphatic rings. The fourth-order valence-electron chi connectivity index (χ4n) is 2.53. The predicted octanol–water partition coefficient (Wildman–Crippen LogP) is 2.70. The van der Waals surface area contributed by atoms with Crippen LogP contribution in [0.2, 0.25) is 0 Å². The third-order valence-corrected chi connectivity index (χ3v) is 3.62. The molecule has 1 aromatic rings. The smallest absolute Gasteiger partial charge is 0.292 e. The number of hydrogen-bond acceptors (Lipinski definition) is 4. The Bertz CT molecular complexity index is 442. The van der Waals surface area contributed by atoms with Crippen LogP contribution in [0.5, 0.6) is 0 Å².